The van der Waals surface area contributed by atoms with E-state index in [-0.39, 0.29) is 11.5 Å². The number of hydrogen-bond donors (Lipinski definition) is 1. The van der Waals surface area contributed by atoms with E-state index in [4.69, 9.17) is 5.11 Å². The minimum atomic E-state index is 0.0933. The number of nitrogens with zero attached hydrogens (tertiary/aromatic N) is 1. The first-order valence-electron chi connectivity index (χ1n) is 6.03. The number of ketones is 1. The Balaban J connectivity index is 2.51. The molecule has 1 unspecified atom stereocenters. The van der Waals surface area contributed by atoms with Crippen molar-refractivity contribution >= 4 is 5.78 Å². The van der Waals surface area contributed by atoms with Gasteiger partial charge in [0.2, 0.25) is 0 Å². The van der Waals surface area contributed by atoms with Crippen molar-refractivity contribution < 1.29 is 9.90 Å². The molecule has 0 amide bonds. The van der Waals surface area contributed by atoms with E-state index < -0.39 is 0 Å². The number of carbonyl (C=O) groups is 1. The Morgan fingerprint density at radius 1 is 1.35 bits per heavy atom. The van der Waals surface area contributed by atoms with E-state index in [0.717, 1.165) is 13.0 Å². The van der Waals surface area contributed by atoms with E-state index >= 15 is 0 Å². The van der Waals surface area contributed by atoms with E-state index in [2.05, 4.69) is 13.8 Å². The van der Waals surface area contributed by atoms with Crippen LogP contribution in [0.15, 0.2) is 24.3 Å². The molecule has 3 nitrogen and oxygen atoms in total. The van der Waals surface area contributed by atoms with Gasteiger partial charge in [0, 0.05) is 12.1 Å². The van der Waals surface area contributed by atoms with Gasteiger partial charge in [0.05, 0.1) is 6.54 Å². The van der Waals surface area contributed by atoms with Crippen LogP contribution < -0.4 is 0 Å². The predicted molar refractivity (Wildman–Crippen MR) is 69.4 cm³/mol. The summed E-state index contributed by atoms with van der Waals surface area (Å²) in [4.78, 5) is 14.0. The molecule has 0 aliphatic rings. The number of aromatic hydroxyl groups is 1. The molecule has 0 fully saturated rings. The van der Waals surface area contributed by atoms with Crippen LogP contribution >= 0.6 is 0 Å². The molecule has 0 aliphatic heterocycles. The summed E-state index contributed by atoms with van der Waals surface area (Å²) in [6, 6.07) is 6.41. The van der Waals surface area contributed by atoms with Crippen LogP contribution in [0.25, 0.3) is 0 Å². The van der Waals surface area contributed by atoms with Gasteiger partial charge < -0.3 is 5.11 Å². The van der Waals surface area contributed by atoms with Gasteiger partial charge in [-0.15, -0.1) is 0 Å². The molecule has 1 aromatic carbocycles. The average Bonchev–Trinajstić information content (AvgIpc) is 2.29. The van der Waals surface area contributed by atoms with Crippen molar-refractivity contribution in [2.75, 3.05) is 20.1 Å². The molecule has 0 aliphatic carbocycles. The van der Waals surface area contributed by atoms with Crippen LogP contribution in [0.3, 0.4) is 0 Å². The zero-order chi connectivity index (χ0) is 12.8. The summed E-state index contributed by atoms with van der Waals surface area (Å²) >= 11 is 0. The van der Waals surface area contributed by atoms with Gasteiger partial charge in [-0.05, 0) is 37.2 Å². The highest BCUT2D eigenvalue weighted by atomic mass is 16.3. The minimum absolute atomic E-state index is 0.0933. The Morgan fingerprint density at radius 2 is 1.94 bits per heavy atom. The Bertz CT molecular complexity index is 359. The van der Waals surface area contributed by atoms with Crippen LogP contribution in [0.2, 0.25) is 0 Å². The molecule has 0 spiro atoms. The monoisotopic (exact) mass is 235 g/mol. The first kappa shape index (κ1) is 13.7. The lowest BCUT2D eigenvalue weighted by atomic mass is 10.1. The van der Waals surface area contributed by atoms with Gasteiger partial charge in [-0.1, -0.05) is 20.3 Å². The number of phenols is 1. The van der Waals surface area contributed by atoms with Crippen molar-refractivity contribution in [1.82, 2.24) is 4.90 Å². The normalized spacial score (nSPS) is 12.7. The van der Waals surface area contributed by atoms with Crippen LogP contribution in [0, 0.1) is 5.92 Å². The maximum atomic E-state index is 11.9. The standard InChI is InChI=1S/C14H21NO2/c1-4-11(2)9-15(3)10-14(17)12-5-7-13(16)8-6-12/h5-8,11,16H,4,9-10H2,1-3H3. The molecular formula is C14H21NO2. The van der Waals surface area contributed by atoms with Crippen molar-refractivity contribution in [3.05, 3.63) is 29.8 Å². The van der Waals surface area contributed by atoms with Gasteiger partial charge in [-0.25, -0.2) is 0 Å². The molecule has 0 saturated carbocycles. The fourth-order valence-corrected chi connectivity index (χ4v) is 1.71. The SMILES string of the molecule is CCC(C)CN(C)CC(=O)c1ccc(O)cc1. The minimum Gasteiger partial charge on any atom is -0.508 e. The van der Waals surface area contributed by atoms with Crippen molar-refractivity contribution in [2.24, 2.45) is 5.92 Å². The number of Topliss-reactive ketones (excluding diaryl/α,β-unsaturated/α-hetero) is 1. The molecule has 0 heterocycles. The second-order valence-corrected chi connectivity index (χ2v) is 4.68. The van der Waals surface area contributed by atoms with Crippen LogP contribution in [0.1, 0.15) is 30.6 Å². The number of likely N-dealkylation sites (N-methyl/N-ethyl adjacent to an activating group) is 1. The summed E-state index contributed by atoms with van der Waals surface area (Å²) in [5, 5.41) is 9.15. The van der Waals surface area contributed by atoms with E-state index in [0.29, 0.717) is 18.0 Å². The van der Waals surface area contributed by atoms with E-state index in [1.807, 2.05) is 11.9 Å². The number of phenolic OH excluding ortho intramolecular Hbond substituents is 1. The zero-order valence-electron chi connectivity index (χ0n) is 10.8. The van der Waals surface area contributed by atoms with Crippen molar-refractivity contribution in [2.45, 2.75) is 20.3 Å². The number of rotatable bonds is 6. The molecule has 0 radical (unpaired) electrons. The molecule has 94 valence electrons. The Morgan fingerprint density at radius 3 is 2.47 bits per heavy atom. The fourth-order valence-electron chi connectivity index (χ4n) is 1.71. The molecule has 0 saturated heterocycles. The molecular weight excluding hydrogens is 214 g/mol. The maximum Gasteiger partial charge on any atom is 0.176 e. The molecule has 3 heteroatoms. The lowest BCUT2D eigenvalue weighted by molar-refractivity contribution is 0.0939. The van der Waals surface area contributed by atoms with Gasteiger partial charge in [0.25, 0.3) is 0 Å². The highest BCUT2D eigenvalue weighted by Gasteiger charge is 2.11. The summed E-state index contributed by atoms with van der Waals surface area (Å²) in [7, 11) is 1.96. The lowest BCUT2D eigenvalue weighted by Crippen LogP contribution is -2.29. The summed E-state index contributed by atoms with van der Waals surface area (Å²) in [5.74, 6) is 0.887. The maximum absolute atomic E-state index is 11.9. The molecule has 0 aromatic heterocycles. The quantitative estimate of drug-likeness (QED) is 0.770. The van der Waals surface area contributed by atoms with Gasteiger partial charge in [-0.2, -0.15) is 0 Å². The summed E-state index contributed by atoms with van der Waals surface area (Å²) < 4.78 is 0. The number of carbonyl (C=O) groups excluding carboxylic acids is 1. The lowest BCUT2D eigenvalue weighted by Gasteiger charge is -2.19. The largest absolute Gasteiger partial charge is 0.508 e. The van der Waals surface area contributed by atoms with Gasteiger partial charge >= 0.3 is 0 Å². The third-order valence-corrected chi connectivity index (χ3v) is 2.92. The fraction of sp³-hybridized carbons (Fsp3) is 0.500. The average molecular weight is 235 g/mol. The second kappa shape index (κ2) is 6.40. The van der Waals surface area contributed by atoms with Gasteiger partial charge in [0.1, 0.15) is 5.75 Å². The molecule has 1 N–H and O–H groups in total. The Kier molecular flexibility index (Phi) is 5.16. The summed E-state index contributed by atoms with van der Waals surface area (Å²) in [5.41, 5.74) is 0.652. The first-order valence-corrected chi connectivity index (χ1v) is 6.03. The van der Waals surface area contributed by atoms with Crippen LogP contribution in [-0.2, 0) is 0 Å². The smallest absolute Gasteiger partial charge is 0.176 e. The third kappa shape index (κ3) is 4.57. The molecule has 0 bridgehead atoms. The van der Waals surface area contributed by atoms with Crippen molar-refractivity contribution in [1.29, 1.82) is 0 Å². The first-order chi connectivity index (χ1) is 8.02. The molecule has 1 atom stereocenters. The van der Waals surface area contributed by atoms with Crippen LogP contribution in [-0.4, -0.2) is 35.9 Å². The van der Waals surface area contributed by atoms with Crippen molar-refractivity contribution in [3.8, 4) is 5.75 Å². The van der Waals surface area contributed by atoms with Crippen LogP contribution in [0.4, 0.5) is 0 Å². The molecule has 1 aromatic rings. The van der Waals surface area contributed by atoms with Crippen LogP contribution in [0.5, 0.6) is 5.75 Å². The summed E-state index contributed by atoms with van der Waals surface area (Å²) in [6.45, 7) is 5.69. The second-order valence-electron chi connectivity index (χ2n) is 4.68. The van der Waals surface area contributed by atoms with Crippen molar-refractivity contribution in [3.63, 3.8) is 0 Å². The Hall–Kier alpha value is -1.35. The number of benzene rings is 1. The third-order valence-electron chi connectivity index (χ3n) is 2.92. The predicted octanol–water partition coefficient (Wildman–Crippen LogP) is 2.55. The number of hydrogen-bond acceptors (Lipinski definition) is 3. The summed E-state index contributed by atoms with van der Waals surface area (Å²) in [6.07, 6.45) is 1.12. The highest BCUT2D eigenvalue weighted by molar-refractivity contribution is 5.97. The zero-order valence-corrected chi connectivity index (χ0v) is 10.8. The van der Waals surface area contributed by atoms with Gasteiger partial charge in [-0.3, -0.25) is 9.69 Å². The van der Waals surface area contributed by atoms with Gasteiger partial charge in [0.15, 0.2) is 5.78 Å². The van der Waals surface area contributed by atoms with E-state index in [9.17, 15) is 4.79 Å². The Labute approximate surface area is 103 Å². The molecule has 17 heavy (non-hydrogen) atoms. The highest BCUT2D eigenvalue weighted by Crippen LogP contribution is 2.11. The van der Waals surface area contributed by atoms with E-state index in [1.165, 1.54) is 0 Å². The topological polar surface area (TPSA) is 40.5 Å². The molecule has 1 rings (SSSR count). The van der Waals surface area contributed by atoms with E-state index in [1.54, 1.807) is 24.3 Å².